The third kappa shape index (κ3) is 6.91. The van der Waals surface area contributed by atoms with Crippen molar-refractivity contribution in [1.29, 1.82) is 0 Å². The van der Waals surface area contributed by atoms with Crippen molar-refractivity contribution in [2.75, 3.05) is 0 Å². The SMILES string of the molecule is Brc1ccc(-c2ccccc2)cc1.CCCCCCC. The zero-order valence-electron chi connectivity index (χ0n) is 12.6. The maximum atomic E-state index is 3.42. The third-order valence-electron chi connectivity index (χ3n) is 3.16. The topological polar surface area (TPSA) is 0 Å². The van der Waals surface area contributed by atoms with Crippen LogP contribution in [0.1, 0.15) is 46.0 Å². The van der Waals surface area contributed by atoms with E-state index >= 15 is 0 Å². The van der Waals surface area contributed by atoms with Crippen molar-refractivity contribution in [2.45, 2.75) is 46.0 Å². The van der Waals surface area contributed by atoms with E-state index in [0.29, 0.717) is 0 Å². The summed E-state index contributed by atoms with van der Waals surface area (Å²) in [5.41, 5.74) is 2.51. The summed E-state index contributed by atoms with van der Waals surface area (Å²) in [6.45, 7) is 4.49. The molecule has 20 heavy (non-hydrogen) atoms. The van der Waals surface area contributed by atoms with E-state index in [1.165, 1.54) is 43.2 Å². The molecule has 0 amide bonds. The molecule has 0 aliphatic carbocycles. The maximum Gasteiger partial charge on any atom is 0.0175 e. The minimum atomic E-state index is 1.12. The zero-order valence-corrected chi connectivity index (χ0v) is 14.2. The second-order valence-electron chi connectivity index (χ2n) is 4.93. The molecule has 0 aromatic heterocycles. The first-order valence-corrected chi connectivity index (χ1v) is 8.38. The standard InChI is InChI=1S/C12H9Br.C7H16/c13-12-8-6-11(7-9-12)10-4-2-1-3-5-10;1-3-5-7-6-4-2/h1-9H;3-7H2,1-2H3. The molecule has 0 saturated carbocycles. The lowest BCUT2D eigenvalue weighted by Crippen LogP contribution is -1.75. The number of benzene rings is 2. The van der Waals surface area contributed by atoms with Gasteiger partial charge in [-0.3, -0.25) is 0 Å². The van der Waals surface area contributed by atoms with E-state index in [9.17, 15) is 0 Å². The van der Waals surface area contributed by atoms with Crippen LogP contribution in [-0.2, 0) is 0 Å². The number of unbranched alkanes of at least 4 members (excludes halogenated alkanes) is 4. The van der Waals surface area contributed by atoms with Crippen LogP contribution < -0.4 is 0 Å². The number of halogens is 1. The predicted octanol–water partition coefficient (Wildman–Crippen LogP) is 7.09. The van der Waals surface area contributed by atoms with Gasteiger partial charge in [0.25, 0.3) is 0 Å². The lowest BCUT2D eigenvalue weighted by atomic mass is 10.1. The Morgan fingerprint density at radius 3 is 1.65 bits per heavy atom. The summed E-state index contributed by atoms with van der Waals surface area (Å²) < 4.78 is 1.12. The molecule has 0 heterocycles. The van der Waals surface area contributed by atoms with Crippen molar-refractivity contribution >= 4 is 15.9 Å². The molecule has 2 rings (SSSR count). The molecule has 0 aliphatic rings. The lowest BCUT2D eigenvalue weighted by molar-refractivity contribution is 0.656. The Morgan fingerprint density at radius 2 is 1.15 bits per heavy atom. The Bertz CT molecular complexity index is 441. The van der Waals surface area contributed by atoms with Gasteiger partial charge in [0.05, 0.1) is 0 Å². The molecule has 108 valence electrons. The molecule has 2 aromatic carbocycles. The summed E-state index contributed by atoms with van der Waals surface area (Å²) >= 11 is 3.42. The van der Waals surface area contributed by atoms with Crippen LogP contribution in [0.5, 0.6) is 0 Å². The molecule has 0 aliphatic heterocycles. The number of hydrogen-bond donors (Lipinski definition) is 0. The van der Waals surface area contributed by atoms with Crippen molar-refractivity contribution in [3.8, 4) is 11.1 Å². The first-order chi connectivity index (χ1) is 9.77. The molecule has 0 N–H and O–H groups in total. The van der Waals surface area contributed by atoms with Crippen molar-refractivity contribution < 1.29 is 0 Å². The molecule has 0 bridgehead atoms. The summed E-state index contributed by atoms with van der Waals surface area (Å²) in [6.07, 6.45) is 7.01. The van der Waals surface area contributed by atoms with Gasteiger partial charge in [0.1, 0.15) is 0 Å². The van der Waals surface area contributed by atoms with Crippen LogP contribution in [0.25, 0.3) is 11.1 Å². The molecule has 0 radical (unpaired) electrons. The molecule has 0 unspecified atom stereocenters. The van der Waals surface area contributed by atoms with Crippen molar-refractivity contribution in [1.82, 2.24) is 0 Å². The molecule has 0 saturated heterocycles. The molecule has 0 nitrogen and oxygen atoms in total. The smallest absolute Gasteiger partial charge is 0.0175 e. The van der Waals surface area contributed by atoms with Crippen molar-refractivity contribution in [3.63, 3.8) is 0 Å². The highest BCUT2D eigenvalue weighted by molar-refractivity contribution is 9.10. The van der Waals surface area contributed by atoms with Gasteiger partial charge in [0.15, 0.2) is 0 Å². The zero-order chi connectivity index (χ0) is 14.6. The van der Waals surface area contributed by atoms with Gasteiger partial charge < -0.3 is 0 Å². The highest BCUT2D eigenvalue weighted by Gasteiger charge is 1.94. The van der Waals surface area contributed by atoms with Crippen LogP contribution in [0.2, 0.25) is 0 Å². The molecule has 1 heteroatoms. The molecule has 0 fully saturated rings. The Balaban J connectivity index is 0.000000246. The second-order valence-corrected chi connectivity index (χ2v) is 5.85. The summed E-state index contributed by atoms with van der Waals surface area (Å²) in [4.78, 5) is 0. The average Bonchev–Trinajstić information content (AvgIpc) is 2.50. The fourth-order valence-electron chi connectivity index (χ4n) is 1.95. The van der Waals surface area contributed by atoms with Crippen LogP contribution in [0, 0.1) is 0 Å². The first kappa shape index (κ1) is 17.0. The Labute approximate surface area is 132 Å². The van der Waals surface area contributed by atoms with Gasteiger partial charge in [-0.2, -0.15) is 0 Å². The van der Waals surface area contributed by atoms with Crippen LogP contribution in [0.15, 0.2) is 59.1 Å². The second kappa shape index (κ2) is 10.7. The van der Waals surface area contributed by atoms with Gasteiger partial charge in [-0.15, -0.1) is 0 Å². The molecular formula is C19H25Br. The fraction of sp³-hybridized carbons (Fsp3) is 0.368. The van der Waals surface area contributed by atoms with Crippen LogP contribution in [0.4, 0.5) is 0 Å². The normalized spacial score (nSPS) is 9.75. The summed E-state index contributed by atoms with van der Waals surface area (Å²) in [5.74, 6) is 0. The monoisotopic (exact) mass is 332 g/mol. The van der Waals surface area contributed by atoms with Crippen molar-refractivity contribution in [2.24, 2.45) is 0 Å². The third-order valence-corrected chi connectivity index (χ3v) is 3.69. The number of rotatable bonds is 5. The van der Waals surface area contributed by atoms with Gasteiger partial charge in [-0.1, -0.05) is 104 Å². The highest BCUT2D eigenvalue weighted by Crippen LogP contribution is 2.20. The quantitative estimate of drug-likeness (QED) is 0.512. The Hall–Kier alpha value is -1.08. The minimum Gasteiger partial charge on any atom is -0.0654 e. The molecule has 2 aromatic rings. The first-order valence-electron chi connectivity index (χ1n) is 7.59. The van der Waals surface area contributed by atoms with Gasteiger partial charge >= 0.3 is 0 Å². The van der Waals surface area contributed by atoms with Crippen LogP contribution >= 0.6 is 15.9 Å². The van der Waals surface area contributed by atoms with E-state index in [1.807, 2.05) is 6.07 Å². The predicted molar refractivity (Wildman–Crippen MR) is 94.0 cm³/mol. The van der Waals surface area contributed by atoms with Crippen LogP contribution in [0.3, 0.4) is 0 Å². The lowest BCUT2D eigenvalue weighted by Gasteiger charge is -2.00. The van der Waals surface area contributed by atoms with Gasteiger partial charge in [0.2, 0.25) is 0 Å². The summed E-state index contributed by atoms with van der Waals surface area (Å²) in [7, 11) is 0. The van der Waals surface area contributed by atoms with Crippen molar-refractivity contribution in [3.05, 3.63) is 59.1 Å². The van der Waals surface area contributed by atoms with Crippen LogP contribution in [-0.4, -0.2) is 0 Å². The molecule has 0 atom stereocenters. The van der Waals surface area contributed by atoms with Gasteiger partial charge in [0, 0.05) is 4.47 Å². The number of hydrogen-bond acceptors (Lipinski definition) is 0. The average molecular weight is 333 g/mol. The van der Waals surface area contributed by atoms with E-state index < -0.39 is 0 Å². The minimum absolute atomic E-state index is 1.12. The van der Waals surface area contributed by atoms with E-state index in [4.69, 9.17) is 0 Å². The van der Waals surface area contributed by atoms with E-state index in [0.717, 1.165) is 4.47 Å². The van der Waals surface area contributed by atoms with Gasteiger partial charge in [-0.05, 0) is 23.3 Å². The Kier molecular flexibility index (Phi) is 9.06. The van der Waals surface area contributed by atoms with Gasteiger partial charge in [-0.25, -0.2) is 0 Å². The van der Waals surface area contributed by atoms with E-state index in [1.54, 1.807) is 0 Å². The fourth-order valence-corrected chi connectivity index (χ4v) is 2.21. The summed E-state index contributed by atoms with van der Waals surface area (Å²) in [6, 6.07) is 18.7. The van der Waals surface area contributed by atoms with E-state index in [2.05, 4.69) is 78.3 Å². The maximum absolute atomic E-state index is 3.42. The van der Waals surface area contributed by atoms with E-state index in [-0.39, 0.29) is 0 Å². The summed E-state index contributed by atoms with van der Waals surface area (Å²) in [5, 5.41) is 0. The molecule has 0 spiro atoms. The largest absolute Gasteiger partial charge is 0.0654 e. The molecular weight excluding hydrogens is 308 g/mol. The Morgan fingerprint density at radius 1 is 0.650 bits per heavy atom. The highest BCUT2D eigenvalue weighted by atomic mass is 79.9.